The number of alkyl halides is 1. The lowest BCUT2D eigenvalue weighted by molar-refractivity contribution is -0.121. The van der Waals surface area contributed by atoms with Crippen LogP contribution in [-0.4, -0.2) is 24.4 Å². The van der Waals surface area contributed by atoms with Crippen molar-refractivity contribution >= 4 is 17.5 Å². The second-order valence-electron chi connectivity index (χ2n) is 5.00. The van der Waals surface area contributed by atoms with E-state index in [1.807, 2.05) is 24.3 Å². The Morgan fingerprint density at radius 3 is 2.95 bits per heavy atom. The fourth-order valence-electron chi connectivity index (χ4n) is 2.47. The highest BCUT2D eigenvalue weighted by molar-refractivity contribution is 6.21. The first-order valence-electron chi connectivity index (χ1n) is 6.75. The third-order valence-corrected chi connectivity index (χ3v) is 4.05. The van der Waals surface area contributed by atoms with Gasteiger partial charge in [-0.2, -0.15) is 0 Å². The van der Waals surface area contributed by atoms with Crippen molar-refractivity contribution in [1.82, 2.24) is 5.32 Å². The number of methoxy groups -OCH3 is 1. The molecule has 0 radical (unpaired) electrons. The molecule has 1 fully saturated rings. The van der Waals surface area contributed by atoms with Crippen LogP contribution in [0, 0.1) is 0 Å². The number of rotatable bonds is 4. The minimum Gasteiger partial charge on any atom is -0.497 e. The molecule has 19 heavy (non-hydrogen) atoms. The standard InChI is InChI=1S/C15H20ClNO2/c1-19-12-6-4-5-11(9-12)10-15(18)17-14-8-3-2-7-13(14)16/h4-6,9,13-14H,2-3,7-8,10H2,1H3,(H,17,18). The monoisotopic (exact) mass is 281 g/mol. The van der Waals surface area contributed by atoms with Gasteiger partial charge < -0.3 is 10.1 Å². The van der Waals surface area contributed by atoms with Gasteiger partial charge in [-0.25, -0.2) is 0 Å². The lowest BCUT2D eigenvalue weighted by atomic mass is 9.94. The van der Waals surface area contributed by atoms with Gasteiger partial charge in [-0.05, 0) is 30.5 Å². The Morgan fingerprint density at radius 1 is 1.42 bits per heavy atom. The van der Waals surface area contributed by atoms with Crippen LogP contribution in [0.4, 0.5) is 0 Å². The molecule has 1 aliphatic rings. The summed E-state index contributed by atoms with van der Waals surface area (Å²) in [6, 6.07) is 7.71. The normalized spacial score (nSPS) is 22.8. The van der Waals surface area contributed by atoms with E-state index >= 15 is 0 Å². The summed E-state index contributed by atoms with van der Waals surface area (Å²) in [5.41, 5.74) is 0.957. The maximum Gasteiger partial charge on any atom is 0.224 e. The Kier molecular flexibility index (Phi) is 5.08. The minimum absolute atomic E-state index is 0.0332. The first-order valence-corrected chi connectivity index (χ1v) is 7.19. The molecule has 3 nitrogen and oxygen atoms in total. The van der Waals surface area contributed by atoms with Crippen LogP contribution in [0.2, 0.25) is 0 Å². The number of hydrogen-bond donors (Lipinski definition) is 1. The van der Waals surface area contributed by atoms with Crippen LogP contribution in [0.5, 0.6) is 5.75 Å². The van der Waals surface area contributed by atoms with Crippen LogP contribution >= 0.6 is 11.6 Å². The Balaban J connectivity index is 1.89. The molecule has 4 heteroatoms. The van der Waals surface area contributed by atoms with Gasteiger partial charge in [-0.3, -0.25) is 4.79 Å². The van der Waals surface area contributed by atoms with Crippen molar-refractivity contribution in [2.24, 2.45) is 0 Å². The summed E-state index contributed by atoms with van der Waals surface area (Å²) in [7, 11) is 1.62. The predicted octanol–water partition coefficient (Wildman–Crippen LogP) is 2.90. The summed E-state index contributed by atoms with van der Waals surface area (Å²) in [4.78, 5) is 12.0. The van der Waals surface area contributed by atoms with Gasteiger partial charge in [-0.1, -0.05) is 25.0 Å². The van der Waals surface area contributed by atoms with Crippen LogP contribution < -0.4 is 10.1 Å². The van der Waals surface area contributed by atoms with Crippen molar-refractivity contribution < 1.29 is 9.53 Å². The molecule has 1 aromatic rings. The maximum atomic E-state index is 12.0. The van der Waals surface area contributed by atoms with Gasteiger partial charge in [0.25, 0.3) is 0 Å². The second-order valence-corrected chi connectivity index (χ2v) is 5.56. The highest BCUT2D eigenvalue weighted by Gasteiger charge is 2.24. The van der Waals surface area contributed by atoms with E-state index in [1.54, 1.807) is 7.11 Å². The van der Waals surface area contributed by atoms with Crippen LogP contribution in [0.1, 0.15) is 31.2 Å². The van der Waals surface area contributed by atoms with E-state index in [4.69, 9.17) is 16.3 Å². The van der Waals surface area contributed by atoms with Crippen molar-refractivity contribution in [3.63, 3.8) is 0 Å². The molecule has 1 amide bonds. The number of ether oxygens (including phenoxy) is 1. The number of carbonyl (C=O) groups is 1. The molecule has 0 aliphatic heterocycles. The second kappa shape index (κ2) is 6.80. The molecule has 1 N–H and O–H groups in total. The molecule has 1 aliphatic carbocycles. The molecule has 2 rings (SSSR count). The van der Waals surface area contributed by atoms with Gasteiger partial charge in [0.2, 0.25) is 5.91 Å². The number of hydrogen-bond acceptors (Lipinski definition) is 2. The van der Waals surface area contributed by atoms with Gasteiger partial charge in [0, 0.05) is 6.04 Å². The third-order valence-electron chi connectivity index (χ3n) is 3.53. The largest absolute Gasteiger partial charge is 0.497 e. The van der Waals surface area contributed by atoms with E-state index in [9.17, 15) is 4.79 Å². The van der Waals surface area contributed by atoms with Crippen LogP contribution in [0.15, 0.2) is 24.3 Å². The zero-order valence-corrected chi connectivity index (χ0v) is 12.0. The van der Waals surface area contributed by atoms with E-state index in [-0.39, 0.29) is 17.3 Å². The van der Waals surface area contributed by atoms with Crippen LogP contribution in [0.25, 0.3) is 0 Å². The van der Waals surface area contributed by atoms with Crippen LogP contribution in [0.3, 0.4) is 0 Å². The molecule has 1 aromatic carbocycles. The molecule has 0 aromatic heterocycles. The van der Waals surface area contributed by atoms with Gasteiger partial charge in [0.05, 0.1) is 18.9 Å². The van der Waals surface area contributed by atoms with E-state index in [0.29, 0.717) is 6.42 Å². The zero-order chi connectivity index (χ0) is 13.7. The van der Waals surface area contributed by atoms with E-state index in [2.05, 4.69) is 5.32 Å². The third kappa shape index (κ3) is 4.13. The average Bonchev–Trinajstić information content (AvgIpc) is 2.41. The van der Waals surface area contributed by atoms with Gasteiger partial charge >= 0.3 is 0 Å². The van der Waals surface area contributed by atoms with Crippen molar-refractivity contribution in [2.75, 3.05) is 7.11 Å². The smallest absolute Gasteiger partial charge is 0.224 e. The molecule has 0 bridgehead atoms. The Bertz CT molecular complexity index is 436. The van der Waals surface area contributed by atoms with Crippen molar-refractivity contribution in [3.05, 3.63) is 29.8 Å². The molecule has 0 spiro atoms. The molecular formula is C15H20ClNO2. The Hall–Kier alpha value is -1.22. The highest BCUT2D eigenvalue weighted by atomic mass is 35.5. The highest BCUT2D eigenvalue weighted by Crippen LogP contribution is 2.23. The molecule has 2 unspecified atom stereocenters. The fourth-order valence-corrected chi connectivity index (χ4v) is 2.82. The summed E-state index contributed by atoms with van der Waals surface area (Å²) in [5, 5.41) is 3.12. The Labute approximate surface area is 119 Å². The topological polar surface area (TPSA) is 38.3 Å². The first kappa shape index (κ1) is 14.2. The van der Waals surface area contributed by atoms with E-state index < -0.39 is 0 Å². The predicted molar refractivity (Wildman–Crippen MR) is 76.7 cm³/mol. The molecule has 2 atom stereocenters. The number of amides is 1. The zero-order valence-electron chi connectivity index (χ0n) is 11.2. The van der Waals surface area contributed by atoms with Gasteiger partial charge in [-0.15, -0.1) is 11.6 Å². The number of carbonyl (C=O) groups excluding carboxylic acids is 1. The maximum absolute atomic E-state index is 12.0. The van der Waals surface area contributed by atoms with Crippen molar-refractivity contribution in [2.45, 2.75) is 43.5 Å². The summed E-state index contributed by atoms with van der Waals surface area (Å²) < 4.78 is 5.15. The van der Waals surface area contributed by atoms with Crippen LogP contribution in [-0.2, 0) is 11.2 Å². The number of halogens is 1. The van der Waals surface area contributed by atoms with Crippen molar-refractivity contribution in [3.8, 4) is 5.75 Å². The van der Waals surface area contributed by atoms with Gasteiger partial charge in [0.1, 0.15) is 5.75 Å². The summed E-state index contributed by atoms with van der Waals surface area (Å²) in [6.45, 7) is 0. The Morgan fingerprint density at radius 2 is 2.21 bits per heavy atom. The average molecular weight is 282 g/mol. The SMILES string of the molecule is COc1cccc(CC(=O)NC2CCCCC2Cl)c1. The van der Waals surface area contributed by atoms with Crippen molar-refractivity contribution in [1.29, 1.82) is 0 Å². The summed E-state index contributed by atoms with van der Waals surface area (Å²) in [5.74, 6) is 0.809. The minimum atomic E-state index is 0.0332. The van der Waals surface area contributed by atoms with Gasteiger partial charge in [0.15, 0.2) is 0 Å². The quantitative estimate of drug-likeness (QED) is 0.862. The molecule has 1 saturated carbocycles. The first-order chi connectivity index (χ1) is 9.19. The van der Waals surface area contributed by atoms with E-state index in [0.717, 1.165) is 37.0 Å². The fraction of sp³-hybridized carbons (Fsp3) is 0.533. The lowest BCUT2D eigenvalue weighted by Gasteiger charge is -2.27. The molecular weight excluding hydrogens is 262 g/mol. The number of nitrogens with one attached hydrogen (secondary N) is 1. The molecule has 104 valence electrons. The summed E-state index contributed by atoms with van der Waals surface area (Å²) in [6.07, 6.45) is 4.66. The van der Waals surface area contributed by atoms with E-state index in [1.165, 1.54) is 0 Å². The number of benzene rings is 1. The lowest BCUT2D eigenvalue weighted by Crippen LogP contribution is -2.43. The molecule has 0 heterocycles. The summed E-state index contributed by atoms with van der Waals surface area (Å²) >= 11 is 6.24. The molecule has 0 saturated heterocycles.